The monoisotopic (exact) mass is 402 g/mol. The zero-order valence-electron chi connectivity index (χ0n) is 17.0. The van der Waals surface area contributed by atoms with Crippen molar-refractivity contribution in [3.8, 4) is 11.8 Å². The first kappa shape index (κ1) is 20.0. The van der Waals surface area contributed by atoms with Crippen molar-refractivity contribution in [2.45, 2.75) is 50.8 Å². The van der Waals surface area contributed by atoms with Crippen LogP contribution in [0.15, 0.2) is 60.7 Å². The van der Waals surface area contributed by atoms with Crippen LogP contribution in [-0.4, -0.2) is 29.7 Å². The number of nitrogens with zero attached hydrogens (tertiary/aromatic N) is 2. The number of ether oxygens (including phenoxy) is 2. The number of fused-ring (bicyclic) bond motifs is 2. The first-order chi connectivity index (χ1) is 14.7. The van der Waals surface area contributed by atoms with Crippen LogP contribution in [0.2, 0.25) is 0 Å². The van der Waals surface area contributed by atoms with Crippen LogP contribution >= 0.6 is 0 Å². The molecule has 2 bridgehead atoms. The molecule has 2 aliphatic heterocycles. The highest BCUT2D eigenvalue weighted by Gasteiger charge is 2.38. The van der Waals surface area contributed by atoms with Gasteiger partial charge in [-0.1, -0.05) is 48.5 Å². The molecule has 1 fully saturated rings. The lowest BCUT2D eigenvalue weighted by Crippen LogP contribution is -2.51. The minimum Gasteiger partial charge on any atom is -0.493 e. The Bertz CT molecular complexity index is 931. The molecule has 5 heteroatoms. The van der Waals surface area contributed by atoms with Gasteiger partial charge in [0, 0.05) is 6.04 Å². The van der Waals surface area contributed by atoms with Crippen LogP contribution in [0, 0.1) is 11.3 Å². The van der Waals surface area contributed by atoms with Crippen LogP contribution in [-0.2, 0) is 11.3 Å². The van der Waals surface area contributed by atoms with Gasteiger partial charge in [-0.3, -0.25) is 4.90 Å². The van der Waals surface area contributed by atoms with Crippen molar-refractivity contribution >= 4 is 11.7 Å². The standard InChI is InChI=1S/C25H26N2O3/c26-14-5-15-29-24-12-10-20(11-13-24)21-16-22-8-4-9-23(17-21)27(22)25(28)30-18-19-6-2-1-3-7-19/h1-3,6-7,10-13,16,22-23H,4-5,8-9,15,17-18H2. The molecular formula is C25H26N2O3. The van der Waals surface area contributed by atoms with Crippen LogP contribution in [0.1, 0.15) is 43.2 Å². The minimum absolute atomic E-state index is 0.0855. The summed E-state index contributed by atoms with van der Waals surface area (Å²) in [5.74, 6) is 0.775. The molecule has 154 valence electrons. The molecule has 2 aromatic rings. The molecule has 2 aromatic carbocycles. The van der Waals surface area contributed by atoms with Gasteiger partial charge in [-0.05, 0) is 54.5 Å². The number of hydrogen-bond donors (Lipinski definition) is 0. The number of carbonyl (C=O) groups excluding carboxylic acids is 1. The number of hydrogen-bond acceptors (Lipinski definition) is 4. The fraction of sp³-hybridized carbons (Fsp3) is 0.360. The maximum absolute atomic E-state index is 12.8. The zero-order chi connectivity index (χ0) is 20.8. The van der Waals surface area contributed by atoms with Crippen molar-refractivity contribution in [2.75, 3.05) is 6.61 Å². The van der Waals surface area contributed by atoms with Gasteiger partial charge < -0.3 is 9.47 Å². The van der Waals surface area contributed by atoms with E-state index in [0.717, 1.165) is 42.6 Å². The van der Waals surface area contributed by atoms with E-state index in [4.69, 9.17) is 14.7 Å². The van der Waals surface area contributed by atoms with Crippen LogP contribution in [0.3, 0.4) is 0 Å². The smallest absolute Gasteiger partial charge is 0.410 e. The van der Waals surface area contributed by atoms with Crippen LogP contribution in [0.5, 0.6) is 5.75 Å². The third kappa shape index (κ3) is 4.65. The summed E-state index contributed by atoms with van der Waals surface area (Å²) in [5.41, 5.74) is 3.44. The third-order valence-corrected chi connectivity index (χ3v) is 5.76. The maximum atomic E-state index is 12.8. The van der Waals surface area contributed by atoms with E-state index < -0.39 is 0 Å². The molecule has 2 unspecified atom stereocenters. The quantitative estimate of drug-likeness (QED) is 0.613. The molecule has 0 aromatic heterocycles. The van der Waals surface area contributed by atoms with Gasteiger partial charge in [0.15, 0.2) is 0 Å². The van der Waals surface area contributed by atoms with E-state index in [1.165, 1.54) is 5.57 Å². The largest absolute Gasteiger partial charge is 0.493 e. The van der Waals surface area contributed by atoms with Crippen molar-refractivity contribution < 1.29 is 14.3 Å². The first-order valence-electron chi connectivity index (χ1n) is 10.5. The molecule has 2 aliphatic rings. The fourth-order valence-electron chi connectivity index (χ4n) is 4.30. The van der Waals surface area contributed by atoms with Crippen molar-refractivity contribution in [3.63, 3.8) is 0 Å². The molecule has 0 spiro atoms. The van der Waals surface area contributed by atoms with Gasteiger partial charge in [-0.15, -0.1) is 0 Å². The molecule has 1 amide bonds. The number of nitriles is 1. The van der Waals surface area contributed by atoms with E-state index in [-0.39, 0.29) is 18.2 Å². The van der Waals surface area contributed by atoms with Crippen LogP contribution in [0.4, 0.5) is 4.79 Å². The number of benzene rings is 2. The van der Waals surface area contributed by atoms with Gasteiger partial charge in [0.2, 0.25) is 0 Å². The van der Waals surface area contributed by atoms with E-state index in [1.807, 2.05) is 47.4 Å². The van der Waals surface area contributed by atoms with Crippen molar-refractivity contribution in [1.82, 2.24) is 4.90 Å². The summed E-state index contributed by atoms with van der Waals surface area (Å²) in [6.45, 7) is 0.711. The summed E-state index contributed by atoms with van der Waals surface area (Å²) in [4.78, 5) is 14.8. The summed E-state index contributed by atoms with van der Waals surface area (Å²) >= 11 is 0. The molecule has 0 N–H and O–H groups in total. The number of carbonyl (C=O) groups is 1. The second kappa shape index (κ2) is 9.49. The van der Waals surface area contributed by atoms with E-state index in [2.05, 4.69) is 24.3 Å². The Morgan fingerprint density at radius 2 is 1.90 bits per heavy atom. The topological polar surface area (TPSA) is 62.6 Å². The van der Waals surface area contributed by atoms with Gasteiger partial charge in [-0.25, -0.2) is 4.79 Å². The van der Waals surface area contributed by atoms with Crippen LogP contribution < -0.4 is 4.74 Å². The Hall–Kier alpha value is -3.26. The van der Waals surface area contributed by atoms with Crippen molar-refractivity contribution in [3.05, 3.63) is 71.8 Å². The maximum Gasteiger partial charge on any atom is 0.410 e. The highest BCUT2D eigenvalue weighted by Crippen LogP contribution is 2.37. The summed E-state index contributed by atoms with van der Waals surface area (Å²) < 4.78 is 11.2. The van der Waals surface area contributed by atoms with Crippen molar-refractivity contribution in [1.29, 1.82) is 5.26 Å². The summed E-state index contributed by atoms with van der Waals surface area (Å²) in [6, 6.07) is 20.2. The van der Waals surface area contributed by atoms with E-state index >= 15 is 0 Å². The van der Waals surface area contributed by atoms with E-state index in [9.17, 15) is 4.79 Å². The number of piperidine rings is 1. The summed E-state index contributed by atoms with van der Waals surface area (Å²) in [6.07, 6.45) is 6.33. The highest BCUT2D eigenvalue weighted by atomic mass is 16.6. The van der Waals surface area contributed by atoms with E-state index in [0.29, 0.717) is 19.6 Å². The van der Waals surface area contributed by atoms with Gasteiger partial charge in [-0.2, -0.15) is 5.26 Å². The lowest BCUT2D eigenvalue weighted by Gasteiger charge is -2.44. The second-order valence-corrected chi connectivity index (χ2v) is 7.78. The van der Waals surface area contributed by atoms with E-state index in [1.54, 1.807) is 0 Å². The Labute approximate surface area is 177 Å². The predicted octanol–water partition coefficient (Wildman–Crippen LogP) is 5.33. The molecule has 5 nitrogen and oxygen atoms in total. The lowest BCUT2D eigenvalue weighted by atomic mass is 9.83. The van der Waals surface area contributed by atoms with Crippen LogP contribution in [0.25, 0.3) is 5.57 Å². The molecule has 0 radical (unpaired) electrons. The zero-order valence-corrected chi connectivity index (χ0v) is 17.0. The molecular weight excluding hydrogens is 376 g/mol. The average molecular weight is 402 g/mol. The number of amides is 1. The molecule has 0 aliphatic carbocycles. The Morgan fingerprint density at radius 1 is 1.10 bits per heavy atom. The molecule has 0 saturated carbocycles. The Kier molecular flexibility index (Phi) is 6.34. The second-order valence-electron chi connectivity index (χ2n) is 7.78. The highest BCUT2D eigenvalue weighted by molar-refractivity contribution is 5.74. The molecule has 4 rings (SSSR count). The van der Waals surface area contributed by atoms with Gasteiger partial charge in [0.1, 0.15) is 19.0 Å². The van der Waals surface area contributed by atoms with Gasteiger partial charge >= 0.3 is 6.09 Å². The SMILES string of the molecule is N#CCCOc1ccc(C2=CC3CCCC(C2)N3C(=O)OCc2ccccc2)cc1. The van der Waals surface area contributed by atoms with Gasteiger partial charge in [0.05, 0.1) is 18.5 Å². The number of rotatable bonds is 6. The lowest BCUT2D eigenvalue weighted by molar-refractivity contribution is 0.0510. The fourth-order valence-corrected chi connectivity index (χ4v) is 4.30. The third-order valence-electron chi connectivity index (χ3n) is 5.76. The Balaban J connectivity index is 1.42. The molecule has 2 atom stereocenters. The first-order valence-corrected chi connectivity index (χ1v) is 10.5. The molecule has 2 heterocycles. The van der Waals surface area contributed by atoms with Crippen molar-refractivity contribution in [2.24, 2.45) is 0 Å². The van der Waals surface area contributed by atoms with Gasteiger partial charge in [0.25, 0.3) is 0 Å². The average Bonchev–Trinajstić information content (AvgIpc) is 2.78. The summed E-state index contributed by atoms with van der Waals surface area (Å²) in [7, 11) is 0. The Morgan fingerprint density at radius 3 is 2.63 bits per heavy atom. The molecule has 1 saturated heterocycles. The summed E-state index contributed by atoms with van der Waals surface area (Å²) in [5, 5.41) is 8.61. The normalized spacial score (nSPS) is 20.1. The minimum atomic E-state index is -0.218. The predicted molar refractivity (Wildman–Crippen MR) is 115 cm³/mol. The molecule has 30 heavy (non-hydrogen) atoms.